The number of aromatic nitrogens is 5. The Hall–Kier alpha value is -3.53. The Bertz CT molecular complexity index is 1420. The summed E-state index contributed by atoms with van der Waals surface area (Å²) in [5.41, 5.74) is 1.38. The molecule has 3 heterocycles. The van der Waals surface area contributed by atoms with Crippen LogP contribution in [0.3, 0.4) is 0 Å². The van der Waals surface area contributed by atoms with Crippen LogP contribution in [0.2, 0.25) is 0 Å². The highest BCUT2D eigenvalue weighted by Gasteiger charge is 2.22. The molecule has 0 radical (unpaired) electrons. The molecule has 1 amide bonds. The van der Waals surface area contributed by atoms with Gasteiger partial charge in [0.25, 0.3) is 5.56 Å². The molecule has 0 fully saturated rings. The maximum Gasteiger partial charge on any atom is 0.332 e. The Kier molecular flexibility index (Phi) is 7.06. The minimum atomic E-state index is -0.474. The molecule has 0 N–H and O–H groups in total. The SMILES string of the molecule is CCCCCCN(C(=O)Cn1cnc2c1c(=O)n(C)c(=O)n2C)c1nc(-c2ccccc2)cs1. The van der Waals surface area contributed by atoms with E-state index >= 15 is 0 Å². The van der Waals surface area contributed by atoms with Gasteiger partial charge in [0.2, 0.25) is 5.91 Å². The van der Waals surface area contributed by atoms with Crippen LogP contribution in [0, 0.1) is 0 Å². The summed E-state index contributed by atoms with van der Waals surface area (Å²) in [6.45, 7) is 2.62. The number of anilines is 1. The maximum atomic E-state index is 13.5. The molecule has 10 heteroatoms. The molecule has 0 aliphatic rings. The lowest BCUT2D eigenvalue weighted by Gasteiger charge is -2.20. The van der Waals surface area contributed by atoms with Gasteiger partial charge >= 0.3 is 5.69 Å². The summed E-state index contributed by atoms with van der Waals surface area (Å²) in [5, 5.41) is 2.58. The summed E-state index contributed by atoms with van der Waals surface area (Å²) in [7, 11) is 2.98. The first kappa shape index (κ1) is 23.6. The van der Waals surface area contributed by atoms with Crippen LogP contribution in [0.1, 0.15) is 32.6 Å². The third-order valence-corrected chi connectivity index (χ3v) is 6.72. The number of aryl methyl sites for hydroxylation is 1. The Morgan fingerprint density at radius 3 is 2.56 bits per heavy atom. The fourth-order valence-corrected chi connectivity index (χ4v) is 4.78. The summed E-state index contributed by atoms with van der Waals surface area (Å²) < 4.78 is 3.86. The highest BCUT2D eigenvalue weighted by Crippen LogP contribution is 2.28. The van der Waals surface area contributed by atoms with E-state index in [1.54, 1.807) is 11.9 Å². The Labute approximate surface area is 200 Å². The molecule has 0 atom stereocenters. The predicted octanol–water partition coefficient (Wildman–Crippen LogP) is 3.17. The highest BCUT2D eigenvalue weighted by atomic mass is 32.1. The predicted molar refractivity (Wildman–Crippen MR) is 134 cm³/mol. The van der Waals surface area contributed by atoms with Crippen molar-refractivity contribution in [2.24, 2.45) is 14.1 Å². The number of hydrogen-bond donors (Lipinski definition) is 0. The van der Waals surface area contributed by atoms with E-state index in [-0.39, 0.29) is 23.6 Å². The smallest absolute Gasteiger partial charge is 0.315 e. The van der Waals surface area contributed by atoms with E-state index in [4.69, 9.17) is 4.98 Å². The number of fused-ring (bicyclic) bond motifs is 1. The molecule has 34 heavy (non-hydrogen) atoms. The molecular weight excluding hydrogens is 452 g/mol. The molecule has 4 aromatic rings. The summed E-state index contributed by atoms with van der Waals surface area (Å²) in [4.78, 5) is 49.1. The zero-order chi connectivity index (χ0) is 24.2. The molecule has 0 saturated heterocycles. The first-order valence-corrected chi connectivity index (χ1v) is 12.2. The minimum absolute atomic E-state index is 0.0715. The van der Waals surface area contributed by atoms with Crippen LogP contribution in [0.4, 0.5) is 5.13 Å². The zero-order valence-corrected chi connectivity index (χ0v) is 20.4. The lowest BCUT2D eigenvalue weighted by molar-refractivity contribution is -0.119. The number of amides is 1. The third kappa shape index (κ3) is 4.58. The second-order valence-electron chi connectivity index (χ2n) is 8.24. The van der Waals surface area contributed by atoms with Crippen LogP contribution in [-0.4, -0.2) is 36.1 Å². The normalized spacial score (nSPS) is 11.3. The zero-order valence-electron chi connectivity index (χ0n) is 19.6. The monoisotopic (exact) mass is 480 g/mol. The lowest BCUT2D eigenvalue weighted by atomic mass is 10.2. The number of rotatable bonds is 9. The maximum absolute atomic E-state index is 13.5. The number of carbonyl (C=O) groups excluding carboxylic acids is 1. The third-order valence-electron chi connectivity index (χ3n) is 5.85. The van der Waals surface area contributed by atoms with Gasteiger partial charge in [0.05, 0.1) is 12.0 Å². The fourth-order valence-electron chi connectivity index (χ4n) is 3.90. The van der Waals surface area contributed by atoms with Crippen molar-refractivity contribution in [1.29, 1.82) is 0 Å². The van der Waals surface area contributed by atoms with Crippen molar-refractivity contribution in [3.05, 3.63) is 62.9 Å². The van der Waals surface area contributed by atoms with Gasteiger partial charge in [0.15, 0.2) is 16.3 Å². The lowest BCUT2D eigenvalue weighted by Crippen LogP contribution is -2.38. The second-order valence-corrected chi connectivity index (χ2v) is 9.07. The van der Waals surface area contributed by atoms with Gasteiger partial charge in [-0.25, -0.2) is 14.8 Å². The topological polar surface area (TPSA) is 95.0 Å². The number of carbonyl (C=O) groups is 1. The highest BCUT2D eigenvalue weighted by molar-refractivity contribution is 7.14. The Balaban J connectivity index is 1.65. The molecule has 178 valence electrons. The summed E-state index contributed by atoms with van der Waals surface area (Å²) in [6.07, 6.45) is 5.53. The van der Waals surface area contributed by atoms with E-state index in [0.29, 0.717) is 11.7 Å². The molecule has 9 nitrogen and oxygen atoms in total. The van der Waals surface area contributed by atoms with Crippen LogP contribution in [0.25, 0.3) is 22.4 Å². The quantitative estimate of drug-likeness (QED) is 0.343. The average Bonchev–Trinajstić information content (AvgIpc) is 3.50. The molecule has 0 aliphatic carbocycles. The van der Waals surface area contributed by atoms with Crippen molar-refractivity contribution < 1.29 is 4.79 Å². The van der Waals surface area contributed by atoms with Gasteiger partial charge in [-0.05, 0) is 6.42 Å². The summed E-state index contributed by atoms with van der Waals surface area (Å²) in [6, 6.07) is 9.85. The largest absolute Gasteiger partial charge is 0.332 e. The van der Waals surface area contributed by atoms with Gasteiger partial charge in [-0.15, -0.1) is 11.3 Å². The Morgan fingerprint density at radius 2 is 1.82 bits per heavy atom. The van der Waals surface area contributed by atoms with Crippen molar-refractivity contribution in [2.45, 2.75) is 39.2 Å². The van der Waals surface area contributed by atoms with Gasteiger partial charge in [-0.1, -0.05) is 56.5 Å². The van der Waals surface area contributed by atoms with E-state index < -0.39 is 11.2 Å². The summed E-state index contributed by atoms with van der Waals surface area (Å²) >= 11 is 1.43. The fraction of sp³-hybridized carbons (Fsp3) is 0.375. The number of imidazole rings is 1. The molecule has 0 aliphatic heterocycles. The standard InChI is InChI=1S/C24H28N6O3S/c1-4-5-6-10-13-30(23-26-18(15-34-23)17-11-8-7-9-12-17)19(31)14-29-16-25-21-20(29)22(32)28(3)24(33)27(21)2/h7-9,11-12,15-16H,4-6,10,13-14H2,1-3H3. The molecule has 0 saturated carbocycles. The number of unbranched alkanes of at least 4 members (excludes halogenated alkanes) is 3. The Morgan fingerprint density at radius 1 is 1.06 bits per heavy atom. The van der Waals surface area contributed by atoms with E-state index in [0.717, 1.165) is 41.5 Å². The van der Waals surface area contributed by atoms with Gasteiger partial charge in [0.1, 0.15) is 6.54 Å². The minimum Gasteiger partial charge on any atom is -0.315 e. The second kappa shape index (κ2) is 10.2. The van der Waals surface area contributed by atoms with Gasteiger partial charge in [0, 0.05) is 31.6 Å². The first-order chi connectivity index (χ1) is 16.4. The molecule has 1 aromatic carbocycles. The molecular formula is C24H28N6O3S. The van der Waals surface area contributed by atoms with Crippen LogP contribution in [0.15, 0.2) is 51.6 Å². The van der Waals surface area contributed by atoms with Crippen molar-refractivity contribution in [2.75, 3.05) is 11.4 Å². The first-order valence-electron chi connectivity index (χ1n) is 11.3. The van der Waals surface area contributed by atoms with Crippen LogP contribution in [-0.2, 0) is 25.4 Å². The van der Waals surface area contributed by atoms with Crippen LogP contribution >= 0.6 is 11.3 Å². The van der Waals surface area contributed by atoms with Crippen molar-refractivity contribution in [1.82, 2.24) is 23.7 Å². The van der Waals surface area contributed by atoms with Crippen molar-refractivity contribution in [3.8, 4) is 11.3 Å². The molecule has 0 spiro atoms. The van der Waals surface area contributed by atoms with E-state index in [1.165, 1.54) is 33.8 Å². The van der Waals surface area contributed by atoms with Crippen LogP contribution in [0.5, 0.6) is 0 Å². The van der Waals surface area contributed by atoms with E-state index in [1.807, 2.05) is 35.7 Å². The molecule has 0 unspecified atom stereocenters. The molecule has 4 rings (SSSR count). The number of thiazole rings is 1. The van der Waals surface area contributed by atoms with Gasteiger partial charge < -0.3 is 4.57 Å². The number of hydrogen-bond acceptors (Lipinski definition) is 6. The number of nitrogens with zero attached hydrogens (tertiary/aromatic N) is 6. The molecule has 3 aromatic heterocycles. The van der Waals surface area contributed by atoms with Gasteiger partial charge in [-0.3, -0.25) is 23.6 Å². The van der Waals surface area contributed by atoms with E-state index in [9.17, 15) is 14.4 Å². The number of benzene rings is 1. The van der Waals surface area contributed by atoms with Crippen molar-refractivity contribution >= 4 is 33.5 Å². The van der Waals surface area contributed by atoms with Crippen molar-refractivity contribution in [3.63, 3.8) is 0 Å². The van der Waals surface area contributed by atoms with Crippen LogP contribution < -0.4 is 16.1 Å². The average molecular weight is 481 g/mol. The molecule has 0 bridgehead atoms. The summed E-state index contributed by atoms with van der Waals surface area (Å²) in [5.74, 6) is -0.180. The van der Waals surface area contributed by atoms with Gasteiger partial charge in [-0.2, -0.15) is 0 Å². The van der Waals surface area contributed by atoms with E-state index in [2.05, 4.69) is 11.9 Å².